The number of carbonyl (C=O) groups is 3. The molecule has 0 spiro atoms. The molecule has 1 fully saturated rings. The number of carbonyl (C=O) groups excluding carboxylic acids is 3. The van der Waals surface area contributed by atoms with Crippen LogP contribution in [0.15, 0.2) is 42.5 Å². The van der Waals surface area contributed by atoms with Crippen LogP contribution < -0.4 is 10.6 Å². The van der Waals surface area contributed by atoms with Crippen molar-refractivity contribution in [2.45, 2.75) is 20.3 Å². The minimum Gasteiger partial charge on any atom is -0.352 e. The Bertz CT molecular complexity index is 970. The van der Waals surface area contributed by atoms with Crippen molar-refractivity contribution >= 4 is 35.0 Å². The fraction of sp³-hybridized carbons (Fsp3) is 0.375. The molecule has 0 atom stereocenters. The Balaban J connectivity index is 1.37. The summed E-state index contributed by atoms with van der Waals surface area (Å²) in [5, 5.41) is 6.31. The highest BCUT2D eigenvalue weighted by Crippen LogP contribution is 2.18. The highest BCUT2D eigenvalue weighted by atomic mass is 35.5. The first-order valence-electron chi connectivity index (χ1n) is 10.7. The van der Waals surface area contributed by atoms with Gasteiger partial charge in [0.25, 0.3) is 5.91 Å². The van der Waals surface area contributed by atoms with Gasteiger partial charge in [0.05, 0.1) is 6.54 Å². The van der Waals surface area contributed by atoms with Crippen molar-refractivity contribution in [3.05, 3.63) is 64.2 Å². The fourth-order valence-corrected chi connectivity index (χ4v) is 3.71. The molecule has 8 heteroatoms. The van der Waals surface area contributed by atoms with E-state index in [9.17, 15) is 14.4 Å². The molecule has 170 valence electrons. The van der Waals surface area contributed by atoms with E-state index < -0.39 is 0 Å². The van der Waals surface area contributed by atoms with Crippen LogP contribution in [0.3, 0.4) is 0 Å². The number of piperazine rings is 1. The van der Waals surface area contributed by atoms with Crippen molar-refractivity contribution in [1.29, 1.82) is 0 Å². The smallest absolute Gasteiger partial charge is 0.251 e. The van der Waals surface area contributed by atoms with Gasteiger partial charge in [-0.15, -0.1) is 0 Å². The fourth-order valence-electron chi connectivity index (χ4n) is 3.58. The molecule has 3 rings (SSSR count). The Hall–Kier alpha value is -2.90. The molecule has 2 aromatic carbocycles. The van der Waals surface area contributed by atoms with Crippen LogP contribution in [0.4, 0.5) is 5.69 Å². The highest BCUT2D eigenvalue weighted by molar-refractivity contribution is 6.30. The number of nitrogens with zero attached hydrogens (tertiary/aromatic N) is 2. The number of halogens is 1. The number of hydrogen-bond donors (Lipinski definition) is 2. The number of aryl methyl sites for hydroxylation is 1. The Morgan fingerprint density at radius 1 is 0.969 bits per heavy atom. The van der Waals surface area contributed by atoms with Crippen molar-refractivity contribution in [3.63, 3.8) is 0 Å². The predicted molar refractivity (Wildman–Crippen MR) is 126 cm³/mol. The third kappa shape index (κ3) is 6.55. The number of anilines is 1. The van der Waals surface area contributed by atoms with Crippen LogP contribution in [0, 0.1) is 13.8 Å². The lowest BCUT2D eigenvalue weighted by Gasteiger charge is -2.34. The van der Waals surface area contributed by atoms with E-state index in [4.69, 9.17) is 11.6 Å². The lowest BCUT2D eigenvalue weighted by atomic mass is 10.1. The molecule has 1 saturated heterocycles. The van der Waals surface area contributed by atoms with Crippen LogP contribution in [-0.4, -0.2) is 66.8 Å². The minimum atomic E-state index is -0.228. The summed E-state index contributed by atoms with van der Waals surface area (Å²) in [6.45, 7) is 7.01. The number of rotatable bonds is 7. The van der Waals surface area contributed by atoms with Gasteiger partial charge in [-0.1, -0.05) is 23.7 Å². The summed E-state index contributed by atoms with van der Waals surface area (Å²) in [5.74, 6) is -0.279. The van der Waals surface area contributed by atoms with Crippen molar-refractivity contribution in [2.24, 2.45) is 0 Å². The number of benzene rings is 2. The predicted octanol–water partition coefficient (Wildman–Crippen LogP) is 2.86. The molecule has 2 N–H and O–H groups in total. The van der Waals surface area contributed by atoms with Gasteiger partial charge < -0.3 is 15.5 Å². The zero-order valence-corrected chi connectivity index (χ0v) is 19.2. The average Bonchev–Trinajstić information content (AvgIpc) is 2.77. The molecule has 0 saturated carbocycles. The molecule has 0 radical (unpaired) electrons. The first-order chi connectivity index (χ1) is 15.3. The normalized spacial score (nSPS) is 14.2. The number of amides is 3. The van der Waals surface area contributed by atoms with Gasteiger partial charge in [-0.25, -0.2) is 0 Å². The van der Waals surface area contributed by atoms with E-state index in [1.165, 1.54) is 0 Å². The van der Waals surface area contributed by atoms with Crippen LogP contribution in [-0.2, 0) is 9.59 Å². The van der Waals surface area contributed by atoms with Gasteiger partial charge in [0, 0.05) is 55.4 Å². The summed E-state index contributed by atoms with van der Waals surface area (Å²) in [6.07, 6.45) is 0.243. The van der Waals surface area contributed by atoms with E-state index in [-0.39, 0.29) is 30.7 Å². The molecule has 2 aromatic rings. The first-order valence-corrected chi connectivity index (χ1v) is 11.1. The molecule has 0 aliphatic carbocycles. The van der Waals surface area contributed by atoms with Crippen LogP contribution in [0.1, 0.15) is 27.9 Å². The Labute approximate surface area is 193 Å². The molecule has 1 aliphatic heterocycles. The zero-order valence-electron chi connectivity index (χ0n) is 18.5. The molecular formula is C24H29ClN4O3. The van der Waals surface area contributed by atoms with Gasteiger partial charge in [0.1, 0.15) is 0 Å². The second-order valence-electron chi connectivity index (χ2n) is 7.97. The minimum absolute atomic E-state index is 0.000827. The van der Waals surface area contributed by atoms with Gasteiger partial charge in [0.2, 0.25) is 11.8 Å². The zero-order chi connectivity index (χ0) is 23.1. The van der Waals surface area contributed by atoms with E-state index in [1.54, 1.807) is 29.2 Å². The molecule has 0 aromatic heterocycles. The lowest BCUT2D eigenvalue weighted by Crippen LogP contribution is -2.50. The van der Waals surface area contributed by atoms with Crippen LogP contribution in [0.5, 0.6) is 0 Å². The maximum Gasteiger partial charge on any atom is 0.251 e. The highest BCUT2D eigenvalue weighted by Gasteiger charge is 2.22. The molecule has 1 aliphatic rings. The molecule has 0 bridgehead atoms. The largest absolute Gasteiger partial charge is 0.352 e. The maximum atomic E-state index is 12.5. The summed E-state index contributed by atoms with van der Waals surface area (Å²) < 4.78 is 0. The molecule has 3 amide bonds. The topological polar surface area (TPSA) is 81.8 Å². The Morgan fingerprint density at radius 3 is 2.34 bits per heavy atom. The second-order valence-corrected chi connectivity index (χ2v) is 8.40. The van der Waals surface area contributed by atoms with Crippen molar-refractivity contribution in [1.82, 2.24) is 15.1 Å². The average molecular weight is 457 g/mol. The van der Waals surface area contributed by atoms with E-state index in [0.29, 0.717) is 43.3 Å². The third-order valence-corrected chi connectivity index (χ3v) is 5.95. The van der Waals surface area contributed by atoms with Gasteiger partial charge >= 0.3 is 0 Å². The van der Waals surface area contributed by atoms with Crippen molar-refractivity contribution in [3.8, 4) is 0 Å². The van der Waals surface area contributed by atoms with Gasteiger partial charge in [-0.2, -0.15) is 0 Å². The first kappa shape index (κ1) is 23.8. The van der Waals surface area contributed by atoms with E-state index in [0.717, 1.165) is 16.8 Å². The maximum absolute atomic E-state index is 12.5. The molecule has 32 heavy (non-hydrogen) atoms. The summed E-state index contributed by atoms with van der Waals surface area (Å²) >= 11 is 5.83. The lowest BCUT2D eigenvalue weighted by molar-refractivity contribution is -0.132. The van der Waals surface area contributed by atoms with Gasteiger partial charge in [-0.3, -0.25) is 19.3 Å². The molecular weight excluding hydrogens is 428 g/mol. The summed E-state index contributed by atoms with van der Waals surface area (Å²) in [5.41, 5.74) is 3.55. The summed E-state index contributed by atoms with van der Waals surface area (Å²) in [7, 11) is 0. The number of hydrogen-bond acceptors (Lipinski definition) is 4. The van der Waals surface area contributed by atoms with Gasteiger partial charge in [-0.05, 0) is 55.3 Å². The monoisotopic (exact) mass is 456 g/mol. The quantitative estimate of drug-likeness (QED) is 0.671. The molecule has 0 unspecified atom stereocenters. The van der Waals surface area contributed by atoms with Crippen LogP contribution >= 0.6 is 11.6 Å². The van der Waals surface area contributed by atoms with Crippen LogP contribution in [0.25, 0.3) is 0 Å². The Kier molecular flexibility index (Phi) is 8.25. The Morgan fingerprint density at radius 2 is 1.66 bits per heavy atom. The van der Waals surface area contributed by atoms with E-state index in [1.807, 2.05) is 36.9 Å². The van der Waals surface area contributed by atoms with Crippen molar-refractivity contribution in [2.75, 3.05) is 44.6 Å². The summed E-state index contributed by atoms with van der Waals surface area (Å²) in [6, 6.07) is 12.5. The SMILES string of the molecule is Cc1cccc(NC(=O)CN2CCN(C(=O)CCNC(=O)c3ccc(Cl)cc3)CC2)c1C. The van der Waals surface area contributed by atoms with Gasteiger partial charge in [0.15, 0.2) is 0 Å². The second kappa shape index (κ2) is 11.1. The van der Waals surface area contributed by atoms with Crippen LogP contribution in [0.2, 0.25) is 5.02 Å². The summed E-state index contributed by atoms with van der Waals surface area (Å²) in [4.78, 5) is 40.8. The van der Waals surface area contributed by atoms with Crippen molar-refractivity contribution < 1.29 is 14.4 Å². The third-order valence-electron chi connectivity index (χ3n) is 5.70. The van der Waals surface area contributed by atoms with E-state index >= 15 is 0 Å². The standard InChI is InChI=1S/C24H29ClN4O3/c1-17-4-3-5-21(18(17)2)27-22(30)16-28-12-14-29(15-13-28)23(31)10-11-26-24(32)19-6-8-20(25)9-7-19/h3-9H,10-16H2,1-2H3,(H,26,32)(H,27,30). The molecule has 1 heterocycles. The number of nitrogens with one attached hydrogen (secondary N) is 2. The molecule has 7 nitrogen and oxygen atoms in total. The van der Waals surface area contributed by atoms with E-state index in [2.05, 4.69) is 10.6 Å².